The van der Waals surface area contributed by atoms with Crippen molar-refractivity contribution in [1.29, 1.82) is 0 Å². The fraction of sp³-hybridized carbons (Fsp3) is 0.308. The van der Waals surface area contributed by atoms with Gasteiger partial charge in [-0.25, -0.2) is 8.42 Å². The van der Waals surface area contributed by atoms with E-state index < -0.39 is 9.84 Å². The Labute approximate surface area is 113 Å². The van der Waals surface area contributed by atoms with Gasteiger partial charge in [0.05, 0.1) is 6.20 Å². The first kappa shape index (κ1) is 13.6. The summed E-state index contributed by atoms with van der Waals surface area (Å²) in [7, 11) is -3.16. The molecule has 5 nitrogen and oxygen atoms in total. The number of anilines is 1. The smallest absolute Gasteiger partial charge is 0.178 e. The average Bonchev–Trinajstić information content (AvgIpc) is 2.77. The zero-order chi connectivity index (χ0) is 13.9. The van der Waals surface area contributed by atoms with Crippen LogP contribution in [0.5, 0.6) is 0 Å². The van der Waals surface area contributed by atoms with Crippen LogP contribution in [0.25, 0.3) is 0 Å². The Balaban J connectivity index is 1.91. The van der Waals surface area contributed by atoms with Crippen molar-refractivity contribution in [2.75, 3.05) is 12.0 Å². The van der Waals surface area contributed by atoms with E-state index in [0.717, 1.165) is 18.5 Å². The summed E-state index contributed by atoms with van der Waals surface area (Å²) in [5.41, 5.74) is 7.64. The van der Waals surface area contributed by atoms with Crippen LogP contribution < -0.4 is 5.73 Å². The Hall–Kier alpha value is -1.82. The van der Waals surface area contributed by atoms with Crippen molar-refractivity contribution in [3.05, 3.63) is 42.2 Å². The highest BCUT2D eigenvalue weighted by molar-refractivity contribution is 7.90. The molecule has 0 aliphatic carbocycles. The van der Waals surface area contributed by atoms with Gasteiger partial charge in [-0.05, 0) is 30.5 Å². The summed E-state index contributed by atoms with van der Waals surface area (Å²) in [6, 6.07) is 7.77. The Bertz CT molecular complexity index is 662. The Morgan fingerprint density at radius 2 is 2.16 bits per heavy atom. The van der Waals surface area contributed by atoms with E-state index in [1.54, 1.807) is 10.9 Å². The second-order valence-corrected chi connectivity index (χ2v) is 6.58. The molecule has 0 spiro atoms. The fourth-order valence-corrected chi connectivity index (χ4v) is 2.40. The van der Waals surface area contributed by atoms with Crippen molar-refractivity contribution >= 4 is 15.5 Å². The molecule has 0 aliphatic heterocycles. The van der Waals surface area contributed by atoms with Crippen molar-refractivity contribution in [3.8, 4) is 0 Å². The molecule has 6 heteroatoms. The quantitative estimate of drug-likeness (QED) is 0.841. The van der Waals surface area contributed by atoms with Crippen molar-refractivity contribution < 1.29 is 8.42 Å². The van der Waals surface area contributed by atoms with Gasteiger partial charge in [-0.15, -0.1) is 0 Å². The van der Waals surface area contributed by atoms with Crippen molar-refractivity contribution in [1.82, 2.24) is 9.78 Å². The van der Waals surface area contributed by atoms with Gasteiger partial charge in [0.1, 0.15) is 4.90 Å². The number of nitrogen functional groups attached to an aromatic ring is 1. The van der Waals surface area contributed by atoms with Crippen LogP contribution in [0, 0.1) is 0 Å². The van der Waals surface area contributed by atoms with Gasteiger partial charge in [0, 0.05) is 24.7 Å². The van der Waals surface area contributed by atoms with Crippen LogP contribution in [0.4, 0.5) is 5.69 Å². The van der Waals surface area contributed by atoms with E-state index >= 15 is 0 Å². The number of hydrogen-bond donors (Lipinski definition) is 1. The van der Waals surface area contributed by atoms with Gasteiger partial charge in [-0.1, -0.05) is 12.1 Å². The molecule has 19 heavy (non-hydrogen) atoms. The van der Waals surface area contributed by atoms with E-state index in [1.807, 2.05) is 24.3 Å². The number of aryl methyl sites for hydroxylation is 2. The van der Waals surface area contributed by atoms with Gasteiger partial charge in [0.25, 0.3) is 0 Å². The maximum Gasteiger partial charge on any atom is 0.178 e. The predicted octanol–water partition coefficient (Wildman–Crippen LogP) is 1.50. The molecular formula is C13H17N3O2S. The number of benzene rings is 1. The zero-order valence-electron chi connectivity index (χ0n) is 10.8. The highest BCUT2D eigenvalue weighted by Crippen LogP contribution is 2.10. The third-order valence-electron chi connectivity index (χ3n) is 2.84. The van der Waals surface area contributed by atoms with Crippen LogP contribution in [0.2, 0.25) is 0 Å². The third-order valence-corrected chi connectivity index (χ3v) is 3.91. The number of nitrogens with two attached hydrogens (primary N) is 1. The summed E-state index contributed by atoms with van der Waals surface area (Å²) in [6.45, 7) is 0.685. The summed E-state index contributed by atoms with van der Waals surface area (Å²) in [4.78, 5) is 0.261. The maximum atomic E-state index is 11.3. The van der Waals surface area contributed by atoms with Crippen molar-refractivity contribution in [3.63, 3.8) is 0 Å². The monoisotopic (exact) mass is 279 g/mol. The summed E-state index contributed by atoms with van der Waals surface area (Å²) in [5, 5.41) is 4.04. The summed E-state index contributed by atoms with van der Waals surface area (Å²) < 4.78 is 24.3. The molecule has 1 heterocycles. The second kappa shape index (κ2) is 5.44. The summed E-state index contributed by atoms with van der Waals surface area (Å²) in [6.07, 6.45) is 5.90. The highest BCUT2D eigenvalue weighted by atomic mass is 32.2. The molecule has 0 unspecified atom stereocenters. The molecule has 0 fully saturated rings. The lowest BCUT2D eigenvalue weighted by Crippen LogP contribution is -2.01. The predicted molar refractivity (Wildman–Crippen MR) is 74.5 cm³/mol. The zero-order valence-corrected chi connectivity index (χ0v) is 11.6. The lowest BCUT2D eigenvalue weighted by molar-refractivity contribution is 0.576. The van der Waals surface area contributed by atoms with Crippen LogP contribution in [0.1, 0.15) is 12.0 Å². The summed E-state index contributed by atoms with van der Waals surface area (Å²) >= 11 is 0. The molecule has 0 amide bonds. The van der Waals surface area contributed by atoms with Crippen LogP contribution in [-0.2, 0) is 22.8 Å². The number of nitrogens with zero attached hydrogens (tertiary/aromatic N) is 2. The SMILES string of the molecule is CS(=O)(=O)c1cnn(CCCc2cccc(N)c2)c1. The molecule has 0 radical (unpaired) electrons. The number of rotatable bonds is 5. The first-order valence-corrected chi connectivity index (χ1v) is 7.91. The standard InChI is InChI=1S/C13H17N3O2S/c1-19(17,18)13-9-15-16(10-13)7-3-5-11-4-2-6-12(14)8-11/h2,4,6,8-10H,3,5,7,14H2,1H3. The van der Waals surface area contributed by atoms with Gasteiger partial charge in [0.2, 0.25) is 0 Å². The van der Waals surface area contributed by atoms with Gasteiger partial charge in [-0.3, -0.25) is 4.68 Å². The van der Waals surface area contributed by atoms with E-state index in [2.05, 4.69) is 5.10 Å². The first-order valence-electron chi connectivity index (χ1n) is 6.02. The number of aromatic nitrogens is 2. The second-order valence-electron chi connectivity index (χ2n) is 4.56. The van der Waals surface area contributed by atoms with Crippen LogP contribution in [0.15, 0.2) is 41.6 Å². The lowest BCUT2D eigenvalue weighted by Gasteiger charge is -2.03. The molecule has 2 aromatic rings. The molecular weight excluding hydrogens is 262 g/mol. The van der Waals surface area contributed by atoms with Gasteiger partial charge in [0.15, 0.2) is 9.84 Å². The Morgan fingerprint density at radius 3 is 2.79 bits per heavy atom. The molecule has 1 aromatic carbocycles. The average molecular weight is 279 g/mol. The van der Waals surface area contributed by atoms with E-state index in [9.17, 15) is 8.42 Å². The molecule has 0 saturated heterocycles. The summed E-state index contributed by atoms with van der Waals surface area (Å²) in [5.74, 6) is 0. The minimum absolute atomic E-state index is 0.261. The Kier molecular flexibility index (Phi) is 3.90. The molecule has 1 aromatic heterocycles. The van der Waals surface area contributed by atoms with Crippen LogP contribution in [-0.4, -0.2) is 24.5 Å². The third kappa shape index (κ3) is 3.82. The van der Waals surface area contributed by atoms with Crippen molar-refractivity contribution in [2.24, 2.45) is 0 Å². The molecule has 0 aliphatic rings. The van der Waals surface area contributed by atoms with Crippen LogP contribution >= 0.6 is 0 Å². The van der Waals surface area contributed by atoms with E-state index in [0.29, 0.717) is 6.54 Å². The minimum atomic E-state index is -3.16. The normalized spacial score (nSPS) is 11.6. The lowest BCUT2D eigenvalue weighted by atomic mass is 10.1. The number of hydrogen-bond acceptors (Lipinski definition) is 4. The van der Waals surface area contributed by atoms with Crippen LogP contribution in [0.3, 0.4) is 0 Å². The van der Waals surface area contributed by atoms with Gasteiger partial charge < -0.3 is 5.73 Å². The molecule has 2 N–H and O–H groups in total. The van der Waals surface area contributed by atoms with E-state index in [1.165, 1.54) is 18.0 Å². The molecule has 2 rings (SSSR count). The first-order chi connectivity index (χ1) is 8.95. The minimum Gasteiger partial charge on any atom is -0.399 e. The largest absolute Gasteiger partial charge is 0.399 e. The molecule has 102 valence electrons. The van der Waals surface area contributed by atoms with E-state index in [-0.39, 0.29) is 4.90 Å². The number of sulfone groups is 1. The highest BCUT2D eigenvalue weighted by Gasteiger charge is 2.09. The van der Waals surface area contributed by atoms with Gasteiger partial charge in [-0.2, -0.15) is 5.10 Å². The molecule has 0 saturated carbocycles. The van der Waals surface area contributed by atoms with E-state index in [4.69, 9.17) is 5.73 Å². The fourth-order valence-electron chi connectivity index (χ4n) is 1.85. The Morgan fingerprint density at radius 1 is 1.37 bits per heavy atom. The van der Waals surface area contributed by atoms with Crippen molar-refractivity contribution in [2.45, 2.75) is 24.3 Å². The van der Waals surface area contributed by atoms with Gasteiger partial charge >= 0.3 is 0 Å². The topological polar surface area (TPSA) is 78.0 Å². The maximum absolute atomic E-state index is 11.3. The molecule has 0 bridgehead atoms. The molecule has 0 atom stereocenters.